The highest BCUT2D eigenvalue weighted by Crippen LogP contribution is 2.25. The van der Waals surface area contributed by atoms with Crippen LogP contribution in [0.4, 0.5) is 5.69 Å². The van der Waals surface area contributed by atoms with E-state index in [2.05, 4.69) is 13.0 Å². The highest BCUT2D eigenvalue weighted by atomic mass is 16.2. The normalized spacial score (nSPS) is 13.9. The summed E-state index contributed by atoms with van der Waals surface area (Å²) in [7, 11) is 0. The number of benzene rings is 2. The molecule has 3 heteroatoms. The Bertz CT molecular complexity index is 706. The van der Waals surface area contributed by atoms with Crippen molar-refractivity contribution in [2.24, 2.45) is 0 Å². The molecule has 0 spiro atoms. The van der Waals surface area contributed by atoms with Crippen molar-refractivity contribution in [3.8, 4) is 0 Å². The van der Waals surface area contributed by atoms with E-state index in [4.69, 9.17) is 5.73 Å². The summed E-state index contributed by atoms with van der Waals surface area (Å²) >= 11 is 0. The first kappa shape index (κ1) is 13.7. The zero-order valence-electron chi connectivity index (χ0n) is 12.5. The highest BCUT2D eigenvalue weighted by molar-refractivity contribution is 5.94. The van der Waals surface area contributed by atoms with Gasteiger partial charge in [0.05, 0.1) is 0 Å². The summed E-state index contributed by atoms with van der Waals surface area (Å²) in [4.78, 5) is 14.6. The van der Waals surface area contributed by atoms with Crippen LogP contribution in [-0.4, -0.2) is 17.4 Å². The van der Waals surface area contributed by atoms with E-state index in [1.54, 1.807) is 0 Å². The van der Waals surface area contributed by atoms with Gasteiger partial charge in [0.1, 0.15) is 0 Å². The lowest BCUT2D eigenvalue weighted by molar-refractivity contribution is 0.0735. The van der Waals surface area contributed by atoms with E-state index in [9.17, 15) is 4.79 Å². The molecule has 0 saturated heterocycles. The van der Waals surface area contributed by atoms with Crippen LogP contribution in [0.2, 0.25) is 0 Å². The Balaban J connectivity index is 1.85. The van der Waals surface area contributed by atoms with Gasteiger partial charge in [-0.15, -0.1) is 0 Å². The van der Waals surface area contributed by atoms with Crippen LogP contribution in [0, 0.1) is 13.8 Å². The fourth-order valence-electron chi connectivity index (χ4n) is 2.87. The number of hydrogen-bond acceptors (Lipinski definition) is 2. The highest BCUT2D eigenvalue weighted by Gasteiger charge is 2.22. The van der Waals surface area contributed by atoms with Crippen molar-refractivity contribution >= 4 is 11.6 Å². The van der Waals surface area contributed by atoms with E-state index in [0.717, 1.165) is 29.8 Å². The van der Waals surface area contributed by atoms with Crippen LogP contribution < -0.4 is 5.73 Å². The SMILES string of the molecule is Cc1ccc(C(=O)N2CCc3c(N)cccc3C2)cc1C. The Labute approximate surface area is 125 Å². The average molecular weight is 280 g/mol. The molecule has 0 fully saturated rings. The van der Waals surface area contributed by atoms with Gasteiger partial charge in [0.25, 0.3) is 5.91 Å². The van der Waals surface area contributed by atoms with Gasteiger partial charge in [0.2, 0.25) is 0 Å². The van der Waals surface area contributed by atoms with E-state index in [1.807, 2.05) is 42.2 Å². The zero-order chi connectivity index (χ0) is 15.0. The molecule has 1 heterocycles. The van der Waals surface area contributed by atoms with Crippen LogP contribution in [0.5, 0.6) is 0 Å². The molecule has 1 amide bonds. The van der Waals surface area contributed by atoms with Gasteiger partial charge in [0, 0.05) is 24.3 Å². The number of nitrogens with two attached hydrogens (primary N) is 1. The second-order valence-electron chi connectivity index (χ2n) is 5.76. The molecule has 0 radical (unpaired) electrons. The number of rotatable bonds is 1. The van der Waals surface area contributed by atoms with Crippen molar-refractivity contribution in [2.75, 3.05) is 12.3 Å². The molecule has 3 nitrogen and oxygen atoms in total. The lowest BCUT2D eigenvalue weighted by Crippen LogP contribution is -2.36. The van der Waals surface area contributed by atoms with Gasteiger partial charge >= 0.3 is 0 Å². The van der Waals surface area contributed by atoms with Crippen molar-refractivity contribution in [3.63, 3.8) is 0 Å². The Morgan fingerprint density at radius 2 is 1.95 bits per heavy atom. The molecule has 0 saturated carbocycles. The number of hydrogen-bond donors (Lipinski definition) is 1. The molecular formula is C18H20N2O. The maximum atomic E-state index is 12.7. The lowest BCUT2D eigenvalue weighted by Gasteiger charge is -2.29. The fraction of sp³-hybridized carbons (Fsp3) is 0.278. The van der Waals surface area contributed by atoms with Crippen LogP contribution in [0.15, 0.2) is 36.4 Å². The number of anilines is 1. The number of carbonyl (C=O) groups excluding carboxylic acids is 1. The van der Waals surface area contributed by atoms with Gasteiger partial charge in [-0.05, 0) is 60.7 Å². The van der Waals surface area contributed by atoms with Gasteiger partial charge in [0.15, 0.2) is 0 Å². The smallest absolute Gasteiger partial charge is 0.254 e. The number of aryl methyl sites for hydroxylation is 2. The molecule has 3 rings (SSSR count). The van der Waals surface area contributed by atoms with Gasteiger partial charge in [-0.2, -0.15) is 0 Å². The summed E-state index contributed by atoms with van der Waals surface area (Å²) in [5, 5.41) is 0. The third-order valence-electron chi connectivity index (χ3n) is 4.34. The predicted octanol–water partition coefficient (Wildman–Crippen LogP) is 3.08. The van der Waals surface area contributed by atoms with Crippen LogP contribution >= 0.6 is 0 Å². The van der Waals surface area contributed by atoms with Crippen LogP contribution in [0.1, 0.15) is 32.6 Å². The van der Waals surface area contributed by atoms with Crippen LogP contribution in [0.3, 0.4) is 0 Å². The van der Waals surface area contributed by atoms with E-state index >= 15 is 0 Å². The summed E-state index contributed by atoms with van der Waals surface area (Å²) in [5.74, 6) is 0.103. The van der Waals surface area contributed by atoms with Crippen molar-refractivity contribution in [1.82, 2.24) is 4.90 Å². The average Bonchev–Trinajstić information content (AvgIpc) is 2.49. The lowest BCUT2D eigenvalue weighted by atomic mass is 9.97. The van der Waals surface area contributed by atoms with Gasteiger partial charge in [-0.1, -0.05) is 18.2 Å². The molecular weight excluding hydrogens is 260 g/mol. The first-order valence-corrected chi connectivity index (χ1v) is 7.29. The second-order valence-corrected chi connectivity index (χ2v) is 5.76. The quantitative estimate of drug-likeness (QED) is 0.816. The molecule has 0 bridgehead atoms. The largest absolute Gasteiger partial charge is 0.398 e. The van der Waals surface area contributed by atoms with E-state index < -0.39 is 0 Å². The predicted molar refractivity (Wildman–Crippen MR) is 85.2 cm³/mol. The van der Waals surface area contributed by atoms with Crippen molar-refractivity contribution < 1.29 is 4.79 Å². The van der Waals surface area contributed by atoms with Crippen molar-refractivity contribution in [2.45, 2.75) is 26.8 Å². The summed E-state index contributed by atoms with van der Waals surface area (Å²) < 4.78 is 0. The number of fused-ring (bicyclic) bond motifs is 1. The minimum Gasteiger partial charge on any atom is -0.398 e. The molecule has 0 aliphatic carbocycles. The summed E-state index contributed by atoms with van der Waals surface area (Å²) in [5.41, 5.74) is 12.3. The van der Waals surface area contributed by atoms with E-state index in [0.29, 0.717) is 6.54 Å². The Morgan fingerprint density at radius 3 is 2.71 bits per heavy atom. The summed E-state index contributed by atoms with van der Waals surface area (Å²) in [6.07, 6.45) is 0.832. The van der Waals surface area contributed by atoms with Gasteiger partial charge in [-0.3, -0.25) is 4.79 Å². The number of amides is 1. The van der Waals surface area contributed by atoms with Crippen molar-refractivity contribution in [3.05, 3.63) is 64.2 Å². The molecule has 0 unspecified atom stereocenters. The van der Waals surface area contributed by atoms with E-state index in [-0.39, 0.29) is 5.91 Å². The summed E-state index contributed by atoms with van der Waals surface area (Å²) in [6.45, 7) is 5.47. The maximum absolute atomic E-state index is 12.7. The third-order valence-corrected chi connectivity index (χ3v) is 4.34. The summed E-state index contributed by atoms with van der Waals surface area (Å²) in [6, 6.07) is 11.9. The Kier molecular flexibility index (Phi) is 3.42. The first-order valence-electron chi connectivity index (χ1n) is 7.29. The maximum Gasteiger partial charge on any atom is 0.254 e. The molecule has 21 heavy (non-hydrogen) atoms. The standard InChI is InChI=1S/C18H20N2O/c1-12-6-7-14(10-13(12)2)18(21)20-9-8-16-15(11-20)4-3-5-17(16)19/h3-7,10H,8-9,11,19H2,1-2H3. The molecule has 108 valence electrons. The molecule has 2 aromatic rings. The molecule has 2 aromatic carbocycles. The monoisotopic (exact) mass is 280 g/mol. The molecule has 0 atom stereocenters. The molecule has 1 aliphatic heterocycles. The van der Waals surface area contributed by atoms with Gasteiger partial charge in [-0.25, -0.2) is 0 Å². The molecule has 2 N–H and O–H groups in total. The molecule has 1 aliphatic rings. The van der Waals surface area contributed by atoms with E-state index in [1.165, 1.54) is 16.7 Å². The topological polar surface area (TPSA) is 46.3 Å². The van der Waals surface area contributed by atoms with Gasteiger partial charge < -0.3 is 10.6 Å². The Hall–Kier alpha value is -2.29. The Morgan fingerprint density at radius 1 is 1.14 bits per heavy atom. The minimum atomic E-state index is 0.103. The zero-order valence-corrected chi connectivity index (χ0v) is 12.5. The minimum absolute atomic E-state index is 0.103. The number of nitrogens with zero attached hydrogens (tertiary/aromatic N) is 1. The van der Waals surface area contributed by atoms with Crippen LogP contribution in [-0.2, 0) is 13.0 Å². The number of nitrogen functional groups attached to an aromatic ring is 1. The van der Waals surface area contributed by atoms with Crippen molar-refractivity contribution in [1.29, 1.82) is 0 Å². The second kappa shape index (κ2) is 5.24. The fourth-order valence-corrected chi connectivity index (χ4v) is 2.87. The van der Waals surface area contributed by atoms with Crippen LogP contribution in [0.25, 0.3) is 0 Å². The molecule has 0 aromatic heterocycles. The third kappa shape index (κ3) is 2.51. The number of carbonyl (C=O) groups is 1. The first-order chi connectivity index (χ1) is 10.1.